The van der Waals surface area contributed by atoms with Gasteiger partial charge in [0, 0.05) is 52.4 Å². The Kier molecular flexibility index (Phi) is 8.96. The summed E-state index contributed by atoms with van der Waals surface area (Å²) >= 11 is 0. The average Bonchev–Trinajstić information content (AvgIpc) is 3.36. The molecule has 2 aromatic heterocycles. The molecule has 3 heterocycles. The zero-order valence-electron chi connectivity index (χ0n) is 17.1. The molecule has 10 heteroatoms. The SMILES string of the molecule is CN(C)C(=O)CN=C(NCCc1ccco1)N1CCOC(c2cnn(C)c2)C1.I. The van der Waals surface area contributed by atoms with Crippen LogP contribution in [0.3, 0.4) is 0 Å². The molecule has 1 amide bonds. The number of ether oxygens (including phenoxy) is 1. The van der Waals surface area contributed by atoms with Crippen molar-refractivity contribution in [2.45, 2.75) is 12.5 Å². The Balaban J connectivity index is 0.00000300. The number of guanidine groups is 1. The second kappa shape index (κ2) is 11.2. The first-order valence-electron chi connectivity index (χ1n) is 9.39. The van der Waals surface area contributed by atoms with Crippen LogP contribution in [-0.2, 0) is 23.0 Å². The highest BCUT2D eigenvalue weighted by Crippen LogP contribution is 2.21. The fourth-order valence-corrected chi connectivity index (χ4v) is 2.95. The van der Waals surface area contributed by atoms with Crippen molar-refractivity contribution in [3.8, 4) is 0 Å². The molecule has 29 heavy (non-hydrogen) atoms. The number of hydrogen-bond donors (Lipinski definition) is 1. The summed E-state index contributed by atoms with van der Waals surface area (Å²) in [4.78, 5) is 20.2. The summed E-state index contributed by atoms with van der Waals surface area (Å²) in [7, 11) is 5.35. The highest BCUT2D eigenvalue weighted by atomic mass is 127. The molecule has 1 saturated heterocycles. The van der Waals surface area contributed by atoms with E-state index in [0.29, 0.717) is 32.2 Å². The molecule has 1 aliphatic rings. The number of furan rings is 1. The van der Waals surface area contributed by atoms with Crippen molar-refractivity contribution in [2.75, 3.05) is 46.9 Å². The third-order valence-electron chi connectivity index (χ3n) is 4.56. The van der Waals surface area contributed by atoms with Gasteiger partial charge >= 0.3 is 0 Å². The van der Waals surface area contributed by atoms with Gasteiger partial charge in [0.2, 0.25) is 5.91 Å². The number of rotatable bonds is 6. The van der Waals surface area contributed by atoms with E-state index >= 15 is 0 Å². The van der Waals surface area contributed by atoms with Crippen LogP contribution in [0.2, 0.25) is 0 Å². The minimum atomic E-state index is -0.0796. The Morgan fingerprint density at radius 1 is 1.45 bits per heavy atom. The van der Waals surface area contributed by atoms with Crippen LogP contribution in [0.15, 0.2) is 40.2 Å². The van der Waals surface area contributed by atoms with E-state index in [9.17, 15) is 4.79 Å². The lowest BCUT2D eigenvalue weighted by Gasteiger charge is -2.35. The van der Waals surface area contributed by atoms with Gasteiger partial charge < -0.3 is 24.3 Å². The summed E-state index contributed by atoms with van der Waals surface area (Å²) in [6, 6.07) is 3.82. The molecule has 160 valence electrons. The van der Waals surface area contributed by atoms with Crippen LogP contribution in [0.25, 0.3) is 0 Å². The molecule has 9 nitrogen and oxygen atoms in total. The van der Waals surface area contributed by atoms with Crippen LogP contribution >= 0.6 is 24.0 Å². The fraction of sp³-hybridized carbons (Fsp3) is 0.526. The van der Waals surface area contributed by atoms with Crippen molar-refractivity contribution < 1.29 is 13.9 Å². The van der Waals surface area contributed by atoms with Crippen LogP contribution in [-0.4, -0.2) is 78.3 Å². The highest BCUT2D eigenvalue weighted by Gasteiger charge is 2.25. The topological polar surface area (TPSA) is 88.1 Å². The number of aromatic nitrogens is 2. The molecule has 0 spiro atoms. The van der Waals surface area contributed by atoms with Crippen LogP contribution in [0.1, 0.15) is 17.4 Å². The first-order chi connectivity index (χ1) is 13.5. The third kappa shape index (κ3) is 6.74. The van der Waals surface area contributed by atoms with Crippen LogP contribution in [0.4, 0.5) is 0 Å². The maximum Gasteiger partial charge on any atom is 0.243 e. The quantitative estimate of drug-likeness (QED) is 0.354. The summed E-state index contributed by atoms with van der Waals surface area (Å²) in [6.07, 6.45) is 6.12. The van der Waals surface area contributed by atoms with E-state index in [2.05, 4.69) is 20.3 Å². The third-order valence-corrected chi connectivity index (χ3v) is 4.56. The molecule has 3 rings (SSSR count). The predicted molar refractivity (Wildman–Crippen MR) is 120 cm³/mol. The van der Waals surface area contributed by atoms with E-state index in [1.54, 1.807) is 29.9 Å². The van der Waals surface area contributed by atoms with Gasteiger partial charge in [0.1, 0.15) is 18.4 Å². The number of carbonyl (C=O) groups excluding carboxylic acids is 1. The molecule has 1 fully saturated rings. The summed E-state index contributed by atoms with van der Waals surface area (Å²) in [6.45, 7) is 2.70. The summed E-state index contributed by atoms with van der Waals surface area (Å²) in [5.74, 6) is 1.58. The van der Waals surface area contributed by atoms with Crippen molar-refractivity contribution in [2.24, 2.45) is 12.0 Å². The van der Waals surface area contributed by atoms with Gasteiger partial charge in [-0.2, -0.15) is 5.10 Å². The number of amides is 1. The first-order valence-corrected chi connectivity index (χ1v) is 9.39. The van der Waals surface area contributed by atoms with Crippen LogP contribution in [0, 0.1) is 0 Å². The molecule has 0 radical (unpaired) electrons. The molecule has 1 aliphatic heterocycles. The van der Waals surface area contributed by atoms with Crippen LogP contribution < -0.4 is 5.32 Å². The highest BCUT2D eigenvalue weighted by molar-refractivity contribution is 14.0. The van der Waals surface area contributed by atoms with Crippen molar-refractivity contribution in [1.29, 1.82) is 0 Å². The standard InChI is InChI=1S/C19H28N6O3.HI/c1-23(2)18(26)12-21-19(20-7-6-16-5-4-9-27-16)25-8-10-28-17(14-25)15-11-22-24(3)13-15;/h4-5,9,11,13,17H,6-8,10,12,14H2,1-3H3,(H,20,21);1H. The maximum atomic E-state index is 12.0. The molecular weight excluding hydrogens is 487 g/mol. The lowest BCUT2D eigenvalue weighted by atomic mass is 10.1. The number of carbonyl (C=O) groups is 1. The predicted octanol–water partition coefficient (Wildman–Crippen LogP) is 1.28. The van der Waals surface area contributed by atoms with E-state index in [4.69, 9.17) is 9.15 Å². The van der Waals surface area contributed by atoms with Crippen LogP contribution in [0.5, 0.6) is 0 Å². The number of morpholine rings is 1. The molecule has 0 bridgehead atoms. The molecule has 0 saturated carbocycles. The van der Waals surface area contributed by atoms with Gasteiger partial charge in [-0.05, 0) is 12.1 Å². The number of likely N-dealkylation sites (N-methyl/N-ethyl adjacent to an activating group) is 1. The van der Waals surface area contributed by atoms with E-state index in [1.807, 2.05) is 31.6 Å². The average molecular weight is 516 g/mol. The minimum absolute atomic E-state index is 0. The number of nitrogens with zero attached hydrogens (tertiary/aromatic N) is 5. The van der Waals surface area contributed by atoms with Crippen molar-refractivity contribution >= 4 is 35.8 Å². The van der Waals surface area contributed by atoms with Crippen molar-refractivity contribution in [3.05, 3.63) is 42.1 Å². The normalized spacial score (nSPS) is 17.0. The number of nitrogens with one attached hydrogen (secondary N) is 1. The van der Waals surface area contributed by atoms with Gasteiger partial charge in [-0.15, -0.1) is 24.0 Å². The second-order valence-corrected chi connectivity index (χ2v) is 6.94. The van der Waals surface area contributed by atoms with E-state index in [0.717, 1.165) is 17.7 Å². The first kappa shape index (κ1) is 23.2. The number of aryl methyl sites for hydroxylation is 1. The largest absolute Gasteiger partial charge is 0.469 e. The lowest BCUT2D eigenvalue weighted by Crippen LogP contribution is -2.49. The molecule has 1 unspecified atom stereocenters. The summed E-state index contributed by atoms with van der Waals surface area (Å²) in [5, 5.41) is 7.60. The summed E-state index contributed by atoms with van der Waals surface area (Å²) < 4.78 is 13.1. The van der Waals surface area contributed by atoms with Gasteiger partial charge in [-0.3, -0.25) is 9.48 Å². The molecular formula is C19H29IN6O3. The Bertz CT molecular complexity index is 790. The second-order valence-electron chi connectivity index (χ2n) is 6.94. The Hall–Kier alpha value is -2.08. The zero-order chi connectivity index (χ0) is 19.9. The Labute approximate surface area is 188 Å². The monoisotopic (exact) mass is 516 g/mol. The molecule has 0 aromatic carbocycles. The Morgan fingerprint density at radius 2 is 2.28 bits per heavy atom. The van der Waals surface area contributed by atoms with E-state index in [1.165, 1.54) is 0 Å². The summed E-state index contributed by atoms with van der Waals surface area (Å²) in [5.41, 5.74) is 1.03. The smallest absolute Gasteiger partial charge is 0.243 e. The van der Waals surface area contributed by atoms with Gasteiger partial charge in [0.25, 0.3) is 0 Å². The van der Waals surface area contributed by atoms with E-state index < -0.39 is 0 Å². The molecule has 1 atom stereocenters. The maximum absolute atomic E-state index is 12.0. The number of hydrogen-bond acceptors (Lipinski definition) is 5. The lowest BCUT2D eigenvalue weighted by molar-refractivity contribution is -0.127. The van der Waals surface area contributed by atoms with Gasteiger partial charge in [0.05, 0.1) is 25.6 Å². The fourth-order valence-electron chi connectivity index (χ4n) is 2.95. The number of halogens is 1. The van der Waals surface area contributed by atoms with Gasteiger partial charge in [0.15, 0.2) is 5.96 Å². The Morgan fingerprint density at radius 3 is 2.93 bits per heavy atom. The van der Waals surface area contributed by atoms with Crippen molar-refractivity contribution in [1.82, 2.24) is 24.9 Å². The zero-order valence-corrected chi connectivity index (χ0v) is 19.4. The minimum Gasteiger partial charge on any atom is -0.469 e. The van der Waals surface area contributed by atoms with E-state index in [-0.39, 0.29) is 42.5 Å². The molecule has 0 aliphatic carbocycles. The van der Waals surface area contributed by atoms with Gasteiger partial charge in [-0.1, -0.05) is 0 Å². The van der Waals surface area contributed by atoms with Crippen molar-refractivity contribution in [3.63, 3.8) is 0 Å². The molecule has 1 N–H and O–H groups in total. The number of aliphatic imine (C=N–C) groups is 1. The van der Waals surface area contributed by atoms with Gasteiger partial charge in [-0.25, -0.2) is 4.99 Å². The molecule has 2 aromatic rings.